The summed E-state index contributed by atoms with van der Waals surface area (Å²) < 4.78 is 0. The Kier molecular flexibility index (Phi) is 8.87. The molecule has 2 atom stereocenters. The smallest absolute Gasteiger partial charge is 0.00831 e. The molecule has 13 heavy (non-hydrogen) atoms. The zero-order valence-corrected chi connectivity index (χ0v) is 10.6. The molecule has 0 N–H and O–H groups in total. The van der Waals surface area contributed by atoms with Crippen LogP contribution in [-0.4, -0.2) is 5.66 Å². The number of hydrogen-bond acceptors (Lipinski definition) is 0. The van der Waals surface area contributed by atoms with Gasteiger partial charge in [0.25, 0.3) is 0 Å². The van der Waals surface area contributed by atoms with Crippen molar-refractivity contribution in [3.8, 4) is 0 Å². The molecule has 0 rings (SSSR count). The molecule has 1 heteroatoms. The molecule has 0 aliphatic rings. The Balaban J connectivity index is 3.98. The molecule has 2 unspecified atom stereocenters. The third kappa shape index (κ3) is 7.26. The highest BCUT2D eigenvalue weighted by Gasteiger charge is 2.00. The first kappa shape index (κ1) is 13.2. The fourth-order valence-corrected chi connectivity index (χ4v) is 2.26. The average Bonchev–Trinajstić information content (AvgIpc) is 2.05. The van der Waals surface area contributed by atoms with Crippen LogP contribution in [-0.2, 0) is 0 Å². The first-order valence-electron chi connectivity index (χ1n) is 5.69. The Morgan fingerprint density at radius 1 is 1.08 bits per heavy atom. The van der Waals surface area contributed by atoms with Crippen molar-refractivity contribution in [1.29, 1.82) is 0 Å². The molecule has 0 aromatic heterocycles. The second-order valence-electron chi connectivity index (χ2n) is 3.78. The SMILES string of the molecule is CCCC(=CC(P)CCC)CCC. The number of hydrogen-bond donors (Lipinski definition) is 0. The number of rotatable bonds is 7. The van der Waals surface area contributed by atoms with Gasteiger partial charge < -0.3 is 0 Å². The lowest BCUT2D eigenvalue weighted by Gasteiger charge is -2.09. The van der Waals surface area contributed by atoms with Gasteiger partial charge in [-0.05, 0) is 24.9 Å². The highest BCUT2D eigenvalue weighted by Crippen LogP contribution is 2.18. The summed E-state index contributed by atoms with van der Waals surface area (Å²) in [5, 5.41) is 0. The summed E-state index contributed by atoms with van der Waals surface area (Å²) in [6, 6.07) is 0. The molecular weight excluding hydrogens is 175 g/mol. The van der Waals surface area contributed by atoms with E-state index in [9.17, 15) is 0 Å². The molecule has 0 bridgehead atoms. The van der Waals surface area contributed by atoms with Crippen LogP contribution in [0.4, 0.5) is 0 Å². The van der Waals surface area contributed by atoms with Gasteiger partial charge >= 0.3 is 0 Å². The molecule has 78 valence electrons. The molecule has 0 aliphatic carbocycles. The van der Waals surface area contributed by atoms with Crippen LogP contribution in [0, 0.1) is 0 Å². The lowest BCUT2D eigenvalue weighted by Crippen LogP contribution is -1.94. The molecule has 0 aromatic rings. The lowest BCUT2D eigenvalue weighted by atomic mass is 10.0. The number of allylic oxidation sites excluding steroid dienone is 2. The van der Waals surface area contributed by atoms with Gasteiger partial charge in [0.15, 0.2) is 0 Å². The summed E-state index contributed by atoms with van der Waals surface area (Å²) >= 11 is 0. The molecule has 0 radical (unpaired) electrons. The monoisotopic (exact) mass is 200 g/mol. The van der Waals surface area contributed by atoms with Crippen molar-refractivity contribution in [3.05, 3.63) is 11.6 Å². The summed E-state index contributed by atoms with van der Waals surface area (Å²) in [5.41, 5.74) is 2.37. The van der Waals surface area contributed by atoms with E-state index in [0.717, 1.165) is 0 Å². The summed E-state index contributed by atoms with van der Waals surface area (Å²) in [4.78, 5) is 0. The largest absolute Gasteiger partial charge is 0.130 e. The van der Waals surface area contributed by atoms with Crippen LogP contribution in [0.5, 0.6) is 0 Å². The van der Waals surface area contributed by atoms with Gasteiger partial charge in [0.05, 0.1) is 0 Å². The second kappa shape index (κ2) is 8.75. The minimum Gasteiger partial charge on any atom is -0.130 e. The van der Waals surface area contributed by atoms with Crippen molar-refractivity contribution >= 4 is 9.24 Å². The van der Waals surface area contributed by atoms with Gasteiger partial charge in [0, 0.05) is 0 Å². The maximum Gasteiger partial charge on any atom is -0.00831 e. The third-order valence-corrected chi connectivity index (χ3v) is 2.74. The van der Waals surface area contributed by atoms with E-state index in [4.69, 9.17) is 0 Å². The fraction of sp³-hybridized carbons (Fsp3) is 0.833. The zero-order chi connectivity index (χ0) is 10.1. The minimum atomic E-state index is 0.707. The van der Waals surface area contributed by atoms with E-state index < -0.39 is 0 Å². The van der Waals surface area contributed by atoms with Gasteiger partial charge in [-0.1, -0.05) is 51.7 Å². The Morgan fingerprint density at radius 3 is 2.00 bits per heavy atom. The van der Waals surface area contributed by atoms with E-state index in [1.54, 1.807) is 5.57 Å². The van der Waals surface area contributed by atoms with E-state index in [0.29, 0.717) is 5.66 Å². The van der Waals surface area contributed by atoms with Gasteiger partial charge in [0.1, 0.15) is 0 Å². The predicted molar refractivity (Wildman–Crippen MR) is 66.3 cm³/mol. The van der Waals surface area contributed by atoms with Crippen LogP contribution >= 0.6 is 9.24 Å². The van der Waals surface area contributed by atoms with Crippen molar-refractivity contribution in [2.75, 3.05) is 0 Å². The third-order valence-electron chi connectivity index (χ3n) is 2.21. The predicted octanol–water partition coefficient (Wildman–Crippen LogP) is 4.56. The molecule has 0 saturated carbocycles. The fourth-order valence-electron chi connectivity index (χ4n) is 1.65. The molecule has 0 spiro atoms. The lowest BCUT2D eigenvalue weighted by molar-refractivity contribution is 0.773. The van der Waals surface area contributed by atoms with E-state index in [2.05, 4.69) is 36.1 Å². The molecule has 0 nitrogen and oxygen atoms in total. The summed E-state index contributed by atoms with van der Waals surface area (Å²) in [7, 11) is 2.95. The van der Waals surface area contributed by atoms with E-state index in [1.165, 1.54) is 38.5 Å². The molecule has 0 saturated heterocycles. The molecule has 0 fully saturated rings. The van der Waals surface area contributed by atoms with Gasteiger partial charge in [0.2, 0.25) is 0 Å². The quantitative estimate of drug-likeness (QED) is 0.417. The molecular formula is C12H25P. The highest BCUT2D eigenvalue weighted by molar-refractivity contribution is 7.17. The molecule has 0 heterocycles. The summed E-state index contributed by atoms with van der Waals surface area (Å²) in [6.07, 6.45) is 10.2. The summed E-state index contributed by atoms with van der Waals surface area (Å²) in [5.74, 6) is 0. The van der Waals surface area contributed by atoms with E-state index >= 15 is 0 Å². The van der Waals surface area contributed by atoms with Gasteiger partial charge in [-0.2, -0.15) is 0 Å². The Labute approximate surface area is 86.4 Å². The van der Waals surface area contributed by atoms with Crippen LogP contribution in [0.15, 0.2) is 11.6 Å². The standard InChI is InChI=1S/C12H25P/c1-4-7-11(8-5-2)10-12(13)9-6-3/h10,12H,4-9,13H2,1-3H3. The zero-order valence-electron chi connectivity index (χ0n) is 9.47. The Morgan fingerprint density at radius 2 is 1.62 bits per heavy atom. The van der Waals surface area contributed by atoms with E-state index in [1.807, 2.05) is 0 Å². The summed E-state index contributed by atoms with van der Waals surface area (Å²) in [6.45, 7) is 6.78. The van der Waals surface area contributed by atoms with Gasteiger partial charge in [-0.3, -0.25) is 0 Å². The maximum absolute atomic E-state index is 2.95. The van der Waals surface area contributed by atoms with Crippen molar-refractivity contribution in [2.45, 2.75) is 65.0 Å². The maximum atomic E-state index is 2.95. The Hall–Kier alpha value is 0.170. The van der Waals surface area contributed by atoms with Crippen LogP contribution in [0.25, 0.3) is 0 Å². The van der Waals surface area contributed by atoms with Crippen LogP contribution in [0.3, 0.4) is 0 Å². The van der Waals surface area contributed by atoms with Crippen molar-refractivity contribution in [2.24, 2.45) is 0 Å². The molecule has 0 aliphatic heterocycles. The first-order valence-corrected chi connectivity index (χ1v) is 6.36. The van der Waals surface area contributed by atoms with Crippen LogP contribution in [0.1, 0.15) is 59.3 Å². The molecule has 0 aromatic carbocycles. The highest BCUT2D eigenvalue weighted by atomic mass is 31.0. The van der Waals surface area contributed by atoms with Gasteiger partial charge in [-0.25, -0.2) is 0 Å². The minimum absolute atomic E-state index is 0.707. The Bertz CT molecular complexity index is 130. The molecule has 0 amide bonds. The first-order chi connectivity index (χ1) is 6.24. The van der Waals surface area contributed by atoms with Crippen LogP contribution in [0.2, 0.25) is 0 Å². The van der Waals surface area contributed by atoms with Crippen LogP contribution < -0.4 is 0 Å². The van der Waals surface area contributed by atoms with Crippen molar-refractivity contribution in [3.63, 3.8) is 0 Å². The normalized spacial score (nSPS) is 12.6. The van der Waals surface area contributed by atoms with E-state index in [-0.39, 0.29) is 0 Å². The van der Waals surface area contributed by atoms with Crippen molar-refractivity contribution in [1.82, 2.24) is 0 Å². The second-order valence-corrected chi connectivity index (χ2v) is 4.63. The van der Waals surface area contributed by atoms with Crippen molar-refractivity contribution < 1.29 is 0 Å². The van der Waals surface area contributed by atoms with Gasteiger partial charge in [-0.15, -0.1) is 9.24 Å². The topological polar surface area (TPSA) is 0 Å². The average molecular weight is 200 g/mol.